The van der Waals surface area contributed by atoms with Gasteiger partial charge in [-0.3, -0.25) is 4.79 Å². The summed E-state index contributed by atoms with van der Waals surface area (Å²) in [7, 11) is 0. The number of nitrogen functional groups attached to an aromatic ring is 1. The van der Waals surface area contributed by atoms with Crippen LogP contribution in [0.5, 0.6) is 0 Å². The summed E-state index contributed by atoms with van der Waals surface area (Å²) in [5.74, 6) is -0.481. The highest BCUT2D eigenvalue weighted by atomic mass is 128. The molecule has 2 rings (SSSR count). The summed E-state index contributed by atoms with van der Waals surface area (Å²) >= 11 is 5.61. The van der Waals surface area contributed by atoms with Crippen LogP contribution in [0.1, 0.15) is 10.4 Å². The molecule has 1 aromatic carbocycles. The Kier molecular flexibility index (Phi) is 6.20. The SMILES string of the molecule is II.NC(=O)c1cc(-c2ccccc2)sc1N. The number of halogens is 2. The first-order valence-electron chi connectivity index (χ1n) is 4.57. The van der Waals surface area contributed by atoms with Gasteiger partial charge in [0.25, 0.3) is 5.91 Å². The molecule has 1 heterocycles. The van der Waals surface area contributed by atoms with Gasteiger partial charge in [-0.25, -0.2) is 0 Å². The van der Waals surface area contributed by atoms with Gasteiger partial charge in [0.05, 0.1) is 10.6 Å². The molecule has 0 saturated heterocycles. The van der Waals surface area contributed by atoms with Crippen LogP contribution in [0.15, 0.2) is 36.4 Å². The molecular formula is C11H10I2N2OS. The van der Waals surface area contributed by atoms with Crippen molar-refractivity contribution in [1.29, 1.82) is 0 Å². The number of carbonyl (C=O) groups is 1. The number of carbonyl (C=O) groups excluding carboxylic acids is 1. The fourth-order valence-corrected chi connectivity index (χ4v) is 2.28. The van der Waals surface area contributed by atoms with E-state index in [1.165, 1.54) is 11.3 Å². The van der Waals surface area contributed by atoms with E-state index in [2.05, 4.69) is 37.2 Å². The number of benzene rings is 1. The largest absolute Gasteiger partial charge is 0.390 e. The second-order valence-corrected chi connectivity index (χ2v) is 4.20. The summed E-state index contributed by atoms with van der Waals surface area (Å²) in [6.07, 6.45) is 0. The molecular weight excluding hydrogens is 462 g/mol. The molecule has 2 aromatic rings. The third kappa shape index (κ3) is 3.81. The van der Waals surface area contributed by atoms with Crippen LogP contribution in [-0.2, 0) is 0 Å². The molecule has 4 N–H and O–H groups in total. The zero-order chi connectivity index (χ0) is 12.8. The van der Waals surface area contributed by atoms with Gasteiger partial charge in [-0.2, -0.15) is 0 Å². The number of primary amides is 1. The Morgan fingerprint density at radius 2 is 1.76 bits per heavy atom. The molecule has 0 fully saturated rings. The van der Waals surface area contributed by atoms with Crippen molar-refractivity contribution in [1.82, 2.24) is 0 Å². The maximum absolute atomic E-state index is 11.0. The molecule has 0 bridgehead atoms. The third-order valence-corrected chi connectivity index (χ3v) is 3.10. The normalized spacial score (nSPS) is 9.29. The Morgan fingerprint density at radius 1 is 1.18 bits per heavy atom. The Morgan fingerprint density at radius 3 is 2.24 bits per heavy atom. The molecule has 0 aliphatic heterocycles. The lowest BCUT2D eigenvalue weighted by molar-refractivity contribution is 0.100. The molecule has 0 atom stereocenters. The van der Waals surface area contributed by atoms with E-state index in [1.54, 1.807) is 6.07 Å². The van der Waals surface area contributed by atoms with Crippen LogP contribution >= 0.6 is 48.6 Å². The van der Waals surface area contributed by atoms with Crippen LogP contribution in [0.2, 0.25) is 0 Å². The minimum absolute atomic E-state index is 0.402. The zero-order valence-corrected chi connectivity index (χ0v) is 13.8. The highest BCUT2D eigenvalue weighted by Gasteiger charge is 2.11. The summed E-state index contributed by atoms with van der Waals surface area (Å²) in [6.45, 7) is 0. The number of anilines is 1. The monoisotopic (exact) mass is 472 g/mol. The van der Waals surface area contributed by atoms with E-state index in [-0.39, 0.29) is 0 Å². The Bertz CT molecular complexity index is 499. The molecule has 0 aliphatic rings. The first-order valence-corrected chi connectivity index (χ1v) is 11.7. The molecule has 0 saturated carbocycles. The zero-order valence-electron chi connectivity index (χ0n) is 8.69. The van der Waals surface area contributed by atoms with E-state index in [9.17, 15) is 4.79 Å². The van der Waals surface area contributed by atoms with Crippen molar-refractivity contribution in [2.75, 3.05) is 5.73 Å². The van der Waals surface area contributed by atoms with Gasteiger partial charge in [0.15, 0.2) is 0 Å². The molecule has 0 spiro atoms. The molecule has 0 aliphatic carbocycles. The van der Waals surface area contributed by atoms with Crippen LogP contribution in [-0.4, -0.2) is 5.91 Å². The Labute approximate surface area is 127 Å². The summed E-state index contributed by atoms with van der Waals surface area (Å²) in [6, 6.07) is 11.5. The van der Waals surface area contributed by atoms with Crippen LogP contribution in [0.3, 0.4) is 0 Å². The van der Waals surface area contributed by atoms with Gasteiger partial charge in [0.2, 0.25) is 0 Å². The van der Waals surface area contributed by atoms with Crippen molar-refractivity contribution in [2.24, 2.45) is 5.73 Å². The average molecular weight is 472 g/mol. The first-order chi connectivity index (χ1) is 8.18. The summed E-state index contributed by atoms with van der Waals surface area (Å²) in [5, 5.41) is 0.473. The van der Waals surface area contributed by atoms with Gasteiger partial charge in [-0.05, 0) is 11.6 Å². The van der Waals surface area contributed by atoms with Crippen LogP contribution in [0, 0.1) is 0 Å². The number of amides is 1. The maximum Gasteiger partial charge on any atom is 0.251 e. The average Bonchev–Trinajstić information content (AvgIpc) is 2.75. The van der Waals surface area contributed by atoms with Crippen molar-refractivity contribution in [3.05, 3.63) is 42.0 Å². The second kappa shape index (κ2) is 7.17. The van der Waals surface area contributed by atoms with Gasteiger partial charge in [-0.1, -0.05) is 30.3 Å². The predicted molar refractivity (Wildman–Crippen MR) is 90.7 cm³/mol. The van der Waals surface area contributed by atoms with Crippen molar-refractivity contribution in [2.45, 2.75) is 0 Å². The van der Waals surface area contributed by atoms with Crippen molar-refractivity contribution in [3.8, 4) is 10.4 Å². The molecule has 0 radical (unpaired) electrons. The summed E-state index contributed by atoms with van der Waals surface area (Å²) in [5.41, 5.74) is 12.3. The number of hydrogen-bond donors (Lipinski definition) is 2. The number of thiophene rings is 1. The quantitative estimate of drug-likeness (QED) is 0.653. The van der Waals surface area contributed by atoms with Gasteiger partial charge >= 0.3 is 0 Å². The second-order valence-electron chi connectivity index (χ2n) is 3.12. The smallest absolute Gasteiger partial charge is 0.251 e. The van der Waals surface area contributed by atoms with Gasteiger partial charge in [0.1, 0.15) is 0 Å². The Hall–Kier alpha value is -0.350. The molecule has 90 valence electrons. The minimum atomic E-state index is -0.481. The van der Waals surface area contributed by atoms with Crippen LogP contribution in [0.4, 0.5) is 5.00 Å². The van der Waals surface area contributed by atoms with E-state index in [1.807, 2.05) is 30.3 Å². The van der Waals surface area contributed by atoms with E-state index in [0.29, 0.717) is 10.6 Å². The molecule has 1 aromatic heterocycles. The molecule has 6 heteroatoms. The fraction of sp³-hybridized carbons (Fsp3) is 0. The van der Waals surface area contributed by atoms with E-state index in [0.717, 1.165) is 10.4 Å². The molecule has 3 nitrogen and oxygen atoms in total. The summed E-state index contributed by atoms with van der Waals surface area (Å²) in [4.78, 5) is 12.0. The number of rotatable bonds is 2. The minimum Gasteiger partial charge on any atom is -0.390 e. The lowest BCUT2D eigenvalue weighted by atomic mass is 10.1. The van der Waals surface area contributed by atoms with E-state index >= 15 is 0 Å². The van der Waals surface area contributed by atoms with E-state index < -0.39 is 5.91 Å². The van der Waals surface area contributed by atoms with E-state index in [4.69, 9.17) is 11.5 Å². The predicted octanol–water partition coefficient (Wildman–Crippen LogP) is 3.87. The molecule has 17 heavy (non-hydrogen) atoms. The highest BCUT2D eigenvalue weighted by molar-refractivity contribution is 15.0. The first kappa shape index (κ1) is 14.7. The van der Waals surface area contributed by atoms with Gasteiger partial charge in [0, 0.05) is 42.1 Å². The Balaban J connectivity index is 0.000000686. The van der Waals surface area contributed by atoms with Crippen molar-refractivity contribution >= 4 is 59.5 Å². The lowest BCUT2D eigenvalue weighted by Crippen LogP contribution is -2.11. The van der Waals surface area contributed by atoms with Crippen molar-refractivity contribution in [3.63, 3.8) is 0 Å². The fourth-order valence-electron chi connectivity index (χ4n) is 1.34. The third-order valence-electron chi connectivity index (χ3n) is 2.08. The van der Waals surface area contributed by atoms with Crippen LogP contribution in [0.25, 0.3) is 10.4 Å². The lowest BCUT2D eigenvalue weighted by Gasteiger charge is -1.93. The number of nitrogens with two attached hydrogens (primary N) is 2. The highest BCUT2D eigenvalue weighted by Crippen LogP contribution is 2.32. The number of hydrogen-bond acceptors (Lipinski definition) is 3. The maximum atomic E-state index is 11.0. The van der Waals surface area contributed by atoms with Crippen molar-refractivity contribution < 1.29 is 4.79 Å². The molecule has 1 amide bonds. The van der Waals surface area contributed by atoms with Crippen LogP contribution < -0.4 is 11.5 Å². The summed E-state index contributed by atoms with van der Waals surface area (Å²) < 4.78 is 0. The van der Waals surface area contributed by atoms with Gasteiger partial charge < -0.3 is 11.5 Å². The topological polar surface area (TPSA) is 69.1 Å². The standard InChI is InChI=1S/C11H10N2OS.I2/c12-10(14)8-6-9(15-11(8)13)7-4-2-1-3-5-7;1-2/h1-6H,13H2,(H2,12,14);. The van der Waals surface area contributed by atoms with Gasteiger partial charge in [-0.15, -0.1) is 11.3 Å². The molecule has 0 unspecified atom stereocenters.